The Morgan fingerprint density at radius 3 is 2.67 bits per heavy atom. The predicted molar refractivity (Wildman–Crippen MR) is 101 cm³/mol. The molecule has 6 heteroatoms. The molecule has 1 aliphatic carbocycles. The zero-order valence-corrected chi connectivity index (χ0v) is 16.4. The monoisotopic (exact) mass is 357 g/mol. The van der Waals surface area contributed by atoms with Gasteiger partial charge in [-0.15, -0.1) is 0 Å². The van der Waals surface area contributed by atoms with Gasteiger partial charge in [-0.3, -0.25) is 9.69 Å². The summed E-state index contributed by atoms with van der Waals surface area (Å²) in [5.41, 5.74) is 5.99. The summed E-state index contributed by atoms with van der Waals surface area (Å²) in [5, 5.41) is 3.17. The maximum absolute atomic E-state index is 12.4. The van der Waals surface area contributed by atoms with Gasteiger partial charge in [0.05, 0.1) is 18.2 Å². The molecule has 0 spiro atoms. The molecule has 3 N–H and O–H groups in total. The molecule has 0 unspecified atom stereocenters. The molecule has 140 valence electrons. The lowest BCUT2D eigenvalue weighted by molar-refractivity contribution is -0.130. The summed E-state index contributed by atoms with van der Waals surface area (Å²) in [6.45, 7) is 7.70. The Hall–Kier alpha value is -0.300. The van der Waals surface area contributed by atoms with Gasteiger partial charge in [-0.05, 0) is 45.1 Å². The summed E-state index contributed by atoms with van der Waals surface area (Å²) in [7, 11) is 0. The quantitative estimate of drug-likeness (QED) is 0.729. The molecule has 0 bridgehead atoms. The summed E-state index contributed by atoms with van der Waals surface area (Å²) in [4.78, 5) is 14.9. The van der Waals surface area contributed by atoms with E-state index >= 15 is 0 Å². The van der Waals surface area contributed by atoms with E-state index in [0.717, 1.165) is 51.3 Å². The number of hydrogen-bond donors (Lipinski definition) is 2. The fourth-order valence-electron chi connectivity index (χ4n) is 3.99. The number of carbonyl (C=O) groups is 1. The van der Waals surface area contributed by atoms with Crippen LogP contribution < -0.4 is 11.1 Å². The highest BCUT2D eigenvalue weighted by Gasteiger charge is 2.42. The Morgan fingerprint density at radius 2 is 2.04 bits per heavy atom. The number of nitrogens with two attached hydrogens (primary N) is 1. The third-order valence-corrected chi connectivity index (χ3v) is 6.09. The Morgan fingerprint density at radius 1 is 1.33 bits per heavy atom. The van der Waals surface area contributed by atoms with Crippen LogP contribution in [0.2, 0.25) is 0 Å². The molecule has 2 aliphatic rings. The average molecular weight is 358 g/mol. The zero-order chi connectivity index (χ0) is 17.6. The minimum Gasteiger partial charge on any atom is -0.373 e. The van der Waals surface area contributed by atoms with Crippen molar-refractivity contribution < 1.29 is 9.53 Å². The summed E-state index contributed by atoms with van der Waals surface area (Å²) >= 11 is 1.73. The number of amides is 1. The van der Waals surface area contributed by atoms with Crippen LogP contribution in [0.3, 0.4) is 0 Å². The van der Waals surface area contributed by atoms with Crippen molar-refractivity contribution in [2.45, 2.75) is 69.6 Å². The predicted octanol–water partition coefficient (Wildman–Crippen LogP) is 2.00. The van der Waals surface area contributed by atoms with Gasteiger partial charge >= 0.3 is 0 Å². The van der Waals surface area contributed by atoms with Crippen molar-refractivity contribution in [3.05, 3.63) is 0 Å². The Balaban J connectivity index is 1.98. The second kappa shape index (κ2) is 8.88. The number of morpholine rings is 1. The van der Waals surface area contributed by atoms with Crippen molar-refractivity contribution in [1.29, 1.82) is 0 Å². The molecular formula is C18H35N3O2S. The minimum absolute atomic E-state index is 0.00141. The minimum atomic E-state index is -0.390. The molecule has 0 aromatic heterocycles. The molecule has 2 fully saturated rings. The highest BCUT2D eigenvalue weighted by atomic mass is 32.2. The lowest BCUT2D eigenvalue weighted by Crippen LogP contribution is -2.63. The maximum atomic E-state index is 12.4. The fourth-order valence-corrected chi connectivity index (χ4v) is 4.48. The van der Waals surface area contributed by atoms with Crippen LogP contribution in [-0.2, 0) is 9.53 Å². The summed E-state index contributed by atoms with van der Waals surface area (Å²) < 4.78 is 5.89. The molecule has 1 heterocycles. The van der Waals surface area contributed by atoms with Gasteiger partial charge in [0.1, 0.15) is 0 Å². The van der Waals surface area contributed by atoms with E-state index in [0.29, 0.717) is 0 Å². The lowest BCUT2D eigenvalue weighted by Gasteiger charge is -2.51. The van der Waals surface area contributed by atoms with E-state index in [1.165, 1.54) is 19.3 Å². The number of rotatable bonds is 7. The molecule has 1 aliphatic heterocycles. The third kappa shape index (κ3) is 5.35. The number of hydrogen-bond acceptors (Lipinski definition) is 5. The van der Waals surface area contributed by atoms with Gasteiger partial charge < -0.3 is 15.8 Å². The third-order valence-electron chi connectivity index (χ3n) is 5.44. The van der Waals surface area contributed by atoms with Crippen LogP contribution in [0.1, 0.15) is 52.4 Å². The van der Waals surface area contributed by atoms with Gasteiger partial charge in [-0.1, -0.05) is 19.3 Å². The van der Waals surface area contributed by atoms with Crippen molar-refractivity contribution in [2.75, 3.05) is 38.2 Å². The van der Waals surface area contributed by atoms with Gasteiger partial charge in [-0.25, -0.2) is 0 Å². The molecule has 0 radical (unpaired) electrons. The zero-order valence-electron chi connectivity index (χ0n) is 15.6. The van der Waals surface area contributed by atoms with Gasteiger partial charge in [0.2, 0.25) is 5.91 Å². The summed E-state index contributed by atoms with van der Waals surface area (Å²) in [6.07, 6.45) is 8.88. The van der Waals surface area contributed by atoms with E-state index in [9.17, 15) is 4.79 Å². The molecule has 0 aromatic rings. The smallest absolute Gasteiger partial charge is 0.237 e. The van der Waals surface area contributed by atoms with Gasteiger partial charge in [0, 0.05) is 25.2 Å². The number of carbonyl (C=O) groups excluding carboxylic acids is 1. The maximum Gasteiger partial charge on any atom is 0.237 e. The molecule has 1 atom stereocenters. The van der Waals surface area contributed by atoms with E-state index in [4.69, 9.17) is 10.5 Å². The molecule has 24 heavy (non-hydrogen) atoms. The standard InChI is InChI=1S/C18H35N3O2S/c1-17(2)14-21(10-11-23-17)18(8-5-4-6-9-18)13-20-16(22)15(19)7-12-24-3/h15H,4-14,19H2,1-3H3,(H,20,22)/t15-/m0/s1. The first-order valence-corrected chi connectivity index (χ1v) is 10.7. The topological polar surface area (TPSA) is 67.6 Å². The molecule has 5 nitrogen and oxygen atoms in total. The van der Waals surface area contributed by atoms with Crippen LogP contribution in [-0.4, -0.2) is 66.2 Å². The second-order valence-electron chi connectivity index (χ2n) is 7.92. The molecular weight excluding hydrogens is 322 g/mol. The Kier molecular flexibility index (Phi) is 7.40. The summed E-state index contributed by atoms with van der Waals surface area (Å²) in [5.74, 6) is 0.929. The van der Waals surface area contributed by atoms with E-state index < -0.39 is 0 Å². The van der Waals surface area contributed by atoms with Crippen molar-refractivity contribution in [3.8, 4) is 0 Å². The van der Waals surface area contributed by atoms with E-state index in [1.807, 2.05) is 6.26 Å². The van der Waals surface area contributed by atoms with E-state index in [1.54, 1.807) is 11.8 Å². The number of ether oxygens (including phenoxy) is 1. The number of nitrogens with zero attached hydrogens (tertiary/aromatic N) is 1. The first-order valence-electron chi connectivity index (χ1n) is 9.30. The van der Waals surface area contributed by atoms with Crippen molar-refractivity contribution >= 4 is 17.7 Å². The van der Waals surface area contributed by atoms with Crippen LogP contribution in [0, 0.1) is 0 Å². The SMILES string of the molecule is CSCC[C@H](N)C(=O)NCC1(N2CCOC(C)(C)C2)CCCCC1. The van der Waals surface area contributed by atoms with E-state index in [2.05, 4.69) is 24.1 Å². The average Bonchev–Trinajstić information content (AvgIpc) is 2.57. The normalized spacial score (nSPS) is 25.2. The first kappa shape index (κ1) is 20.0. The highest BCUT2D eigenvalue weighted by molar-refractivity contribution is 7.98. The molecule has 2 rings (SSSR count). The van der Waals surface area contributed by atoms with Crippen molar-refractivity contribution in [3.63, 3.8) is 0 Å². The highest BCUT2D eigenvalue weighted by Crippen LogP contribution is 2.36. The fraction of sp³-hybridized carbons (Fsp3) is 0.944. The molecule has 1 saturated carbocycles. The lowest BCUT2D eigenvalue weighted by atomic mass is 9.79. The Labute approximate surface area is 151 Å². The van der Waals surface area contributed by atoms with Crippen LogP contribution in [0.25, 0.3) is 0 Å². The van der Waals surface area contributed by atoms with Crippen LogP contribution >= 0.6 is 11.8 Å². The number of thioether (sulfide) groups is 1. The molecule has 0 aromatic carbocycles. The summed E-state index contributed by atoms with van der Waals surface area (Å²) in [6, 6.07) is -0.390. The second-order valence-corrected chi connectivity index (χ2v) is 8.91. The molecule has 1 saturated heterocycles. The van der Waals surface area contributed by atoms with Crippen LogP contribution in [0.5, 0.6) is 0 Å². The van der Waals surface area contributed by atoms with Crippen LogP contribution in [0.15, 0.2) is 0 Å². The first-order chi connectivity index (χ1) is 11.4. The number of nitrogens with one attached hydrogen (secondary N) is 1. The Bertz CT molecular complexity index is 411. The van der Waals surface area contributed by atoms with Gasteiger partial charge in [0.15, 0.2) is 0 Å². The van der Waals surface area contributed by atoms with Gasteiger partial charge in [0.25, 0.3) is 0 Å². The largest absolute Gasteiger partial charge is 0.373 e. The van der Waals surface area contributed by atoms with Crippen LogP contribution in [0.4, 0.5) is 0 Å². The van der Waals surface area contributed by atoms with Gasteiger partial charge in [-0.2, -0.15) is 11.8 Å². The van der Waals surface area contributed by atoms with Crippen molar-refractivity contribution in [2.24, 2.45) is 5.73 Å². The van der Waals surface area contributed by atoms with Crippen molar-refractivity contribution in [1.82, 2.24) is 10.2 Å². The van der Waals surface area contributed by atoms with E-state index in [-0.39, 0.29) is 23.1 Å². The molecule has 1 amide bonds.